The zero-order chi connectivity index (χ0) is 19.4. The molecule has 1 heterocycles. The number of hydrogen-bond donors (Lipinski definition) is 0. The van der Waals surface area contributed by atoms with Gasteiger partial charge in [0, 0.05) is 11.1 Å². The van der Waals surface area contributed by atoms with Gasteiger partial charge in [-0.05, 0) is 44.2 Å². The number of para-hydroxylation sites is 1. The molecule has 3 rings (SSSR count). The molecule has 27 heavy (non-hydrogen) atoms. The lowest BCUT2D eigenvalue weighted by atomic mass is 10.0. The summed E-state index contributed by atoms with van der Waals surface area (Å²) in [4.78, 5) is 12.8. The Hall–Kier alpha value is -3.46. The van der Waals surface area contributed by atoms with E-state index >= 15 is 0 Å². The van der Waals surface area contributed by atoms with Gasteiger partial charge in [-0.3, -0.25) is 4.79 Å². The molecule has 0 bridgehead atoms. The van der Waals surface area contributed by atoms with Crippen LogP contribution in [0.1, 0.15) is 29.8 Å². The number of ether oxygens (including phenoxy) is 4. The summed E-state index contributed by atoms with van der Waals surface area (Å²) in [7, 11) is 1.54. The summed E-state index contributed by atoms with van der Waals surface area (Å²) in [6.45, 7) is 3.90. The maximum atomic E-state index is 12.8. The zero-order valence-corrected chi connectivity index (χ0v) is 15.3. The first-order valence-corrected chi connectivity index (χ1v) is 8.43. The second kappa shape index (κ2) is 7.83. The van der Waals surface area contributed by atoms with Crippen molar-refractivity contribution in [3.63, 3.8) is 0 Å². The van der Waals surface area contributed by atoms with Crippen LogP contribution in [-0.2, 0) is 0 Å². The van der Waals surface area contributed by atoms with E-state index in [2.05, 4.69) is 0 Å². The molecule has 0 saturated heterocycles. The molecule has 0 fully saturated rings. The van der Waals surface area contributed by atoms with E-state index in [1.54, 1.807) is 43.5 Å². The van der Waals surface area contributed by atoms with E-state index in [1.165, 1.54) is 6.08 Å². The van der Waals surface area contributed by atoms with Crippen LogP contribution < -0.4 is 18.9 Å². The fraction of sp³-hybridized carbons (Fsp3) is 0.238. The maximum absolute atomic E-state index is 12.8. The first kappa shape index (κ1) is 18.3. The van der Waals surface area contributed by atoms with Crippen LogP contribution in [-0.4, -0.2) is 25.8 Å². The Labute approximate surface area is 157 Å². The molecule has 2 aromatic carbocycles. The molecule has 0 atom stereocenters. The van der Waals surface area contributed by atoms with Gasteiger partial charge in [0.15, 0.2) is 23.0 Å². The number of nitrogens with zero attached hydrogens (tertiary/aromatic N) is 1. The number of benzene rings is 2. The van der Waals surface area contributed by atoms with Crippen LogP contribution in [0.15, 0.2) is 42.0 Å². The van der Waals surface area contributed by atoms with Crippen LogP contribution in [0, 0.1) is 11.3 Å². The van der Waals surface area contributed by atoms with Crippen molar-refractivity contribution in [1.82, 2.24) is 0 Å². The van der Waals surface area contributed by atoms with E-state index in [-0.39, 0.29) is 18.5 Å². The van der Waals surface area contributed by atoms with Gasteiger partial charge in [-0.2, -0.15) is 5.26 Å². The lowest BCUT2D eigenvalue weighted by Crippen LogP contribution is -2.08. The van der Waals surface area contributed by atoms with Crippen molar-refractivity contribution < 1.29 is 23.7 Å². The van der Waals surface area contributed by atoms with Gasteiger partial charge >= 0.3 is 0 Å². The third kappa shape index (κ3) is 3.87. The van der Waals surface area contributed by atoms with Crippen LogP contribution >= 0.6 is 0 Å². The van der Waals surface area contributed by atoms with Crippen molar-refractivity contribution in [2.75, 3.05) is 13.9 Å². The van der Waals surface area contributed by atoms with E-state index in [1.807, 2.05) is 19.9 Å². The van der Waals surface area contributed by atoms with Crippen molar-refractivity contribution in [3.8, 4) is 29.1 Å². The molecule has 1 aliphatic rings. The smallest absolute Gasteiger partial charge is 0.231 e. The monoisotopic (exact) mass is 365 g/mol. The van der Waals surface area contributed by atoms with Crippen LogP contribution in [0.2, 0.25) is 0 Å². The predicted molar refractivity (Wildman–Crippen MR) is 99.2 cm³/mol. The molecule has 0 N–H and O–H groups in total. The lowest BCUT2D eigenvalue weighted by Gasteiger charge is -2.16. The molecule has 6 heteroatoms. The number of fused-ring (bicyclic) bond motifs is 1. The van der Waals surface area contributed by atoms with E-state index in [4.69, 9.17) is 18.9 Å². The van der Waals surface area contributed by atoms with Gasteiger partial charge in [-0.15, -0.1) is 0 Å². The average Bonchev–Trinajstić information content (AvgIpc) is 3.13. The van der Waals surface area contributed by atoms with Crippen LogP contribution in [0.3, 0.4) is 0 Å². The van der Waals surface area contributed by atoms with E-state index in [9.17, 15) is 10.1 Å². The van der Waals surface area contributed by atoms with Crippen LogP contribution in [0.5, 0.6) is 23.0 Å². The highest BCUT2D eigenvalue weighted by atomic mass is 16.7. The Morgan fingerprint density at radius 2 is 2.00 bits per heavy atom. The molecule has 0 aromatic heterocycles. The average molecular weight is 365 g/mol. The summed E-state index contributed by atoms with van der Waals surface area (Å²) < 4.78 is 21.7. The first-order valence-electron chi connectivity index (χ1n) is 8.43. The number of nitriles is 1. The molecule has 0 saturated carbocycles. The van der Waals surface area contributed by atoms with E-state index < -0.39 is 5.78 Å². The molecule has 138 valence electrons. The Kier molecular flexibility index (Phi) is 5.32. The fourth-order valence-electron chi connectivity index (χ4n) is 2.67. The van der Waals surface area contributed by atoms with E-state index in [0.29, 0.717) is 34.1 Å². The van der Waals surface area contributed by atoms with Crippen molar-refractivity contribution >= 4 is 11.9 Å². The van der Waals surface area contributed by atoms with Crippen molar-refractivity contribution in [1.29, 1.82) is 5.26 Å². The van der Waals surface area contributed by atoms with Crippen LogP contribution in [0.4, 0.5) is 0 Å². The number of carbonyl (C=O) groups excluding carboxylic acids is 1. The lowest BCUT2D eigenvalue weighted by molar-refractivity contribution is 0.103. The van der Waals surface area contributed by atoms with Crippen LogP contribution in [0.25, 0.3) is 6.08 Å². The minimum absolute atomic E-state index is 0.0178. The van der Waals surface area contributed by atoms with Crippen molar-refractivity contribution in [3.05, 3.63) is 53.1 Å². The Bertz CT molecular complexity index is 940. The number of ketones is 1. The molecular weight excluding hydrogens is 346 g/mol. The maximum Gasteiger partial charge on any atom is 0.231 e. The summed E-state index contributed by atoms with van der Waals surface area (Å²) in [6, 6.07) is 12.1. The quantitative estimate of drug-likeness (QED) is 0.437. The molecule has 2 aromatic rings. The van der Waals surface area contributed by atoms with Gasteiger partial charge in [0.2, 0.25) is 12.6 Å². The predicted octanol–water partition coefficient (Wildman–Crippen LogP) is 4.00. The number of methoxy groups -OCH3 is 1. The third-order valence-corrected chi connectivity index (χ3v) is 3.88. The highest BCUT2D eigenvalue weighted by Gasteiger charge is 2.20. The Morgan fingerprint density at radius 1 is 1.22 bits per heavy atom. The highest BCUT2D eigenvalue weighted by molar-refractivity contribution is 6.14. The summed E-state index contributed by atoms with van der Waals surface area (Å²) in [5.41, 5.74) is 0.922. The van der Waals surface area contributed by atoms with Gasteiger partial charge in [-0.25, -0.2) is 0 Å². The summed E-state index contributed by atoms with van der Waals surface area (Å²) >= 11 is 0. The van der Waals surface area contributed by atoms with E-state index in [0.717, 1.165) is 0 Å². The molecule has 0 amide bonds. The number of rotatable bonds is 6. The normalized spacial score (nSPS) is 12.6. The summed E-state index contributed by atoms with van der Waals surface area (Å²) in [6.07, 6.45) is 1.41. The van der Waals surface area contributed by atoms with Gasteiger partial charge < -0.3 is 18.9 Å². The molecule has 0 aliphatic carbocycles. The minimum atomic E-state index is -0.408. The summed E-state index contributed by atoms with van der Waals surface area (Å²) in [5.74, 6) is 1.68. The number of carbonyl (C=O) groups is 1. The second-order valence-corrected chi connectivity index (χ2v) is 6.11. The van der Waals surface area contributed by atoms with Crippen molar-refractivity contribution in [2.24, 2.45) is 0 Å². The van der Waals surface area contributed by atoms with Gasteiger partial charge in [-0.1, -0.05) is 12.1 Å². The van der Waals surface area contributed by atoms with Gasteiger partial charge in [0.1, 0.15) is 11.6 Å². The number of allylic oxidation sites excluding steroid dienone is 1. The largest absolute Gasteiger partial charge is 0.493 e. The molecule has 0 radical (unpaired) electrons. The zero-order valence-electron chi connectivity index (χ0n) is 15.3. The van der Waals surface area contributed by atoms with Gasteiger partial charge in [0.25, 0.3) is 0 Å². The molecular formula is C21H19NO5. The Balaban J connectivity index is 1.99. The first-order chi connectivity index (χ1) is 13.0. The molecule has 6 nitrogen and oxygen atoms in total. The number of hydrogen-bond acceptors (Lipinski definition) is 6. The van der Waals surface area contributed by atoms with Crippen molar-refractivity contribution in [2.45, 2.75) is 20.0 Å². The highest BCUT2D eigenvalue weighted by Crippen LogP contribution is 2.35. The molecule has 0 spiro atoms. The standard InChI is InChI=1S/C21H19NO5/c1-13(2)27-21-15(5-4-6-18(21)24-3)9-16(11-22)20(23)14-7-8-17-19(10-14)26-12-25-17/h4-10,13H,12H2,1-3H3/b16-9+. The van der Waals surface area contributed by atoms with Gasteiger partial charge in [0.05, 0.1) is 13.2 Å². The molecule has 0 unspecified atom stereocenters. The summed E-state index contributed by atoms with van der Waals surface area (Å²) in [5, 5.41) is 9.54. The Morgan fingerprint density at radius 3 is 2.70 bits per heavy atom. The third-order valence-electron chi connectivity index (χ3n) is 3.88. The minimum Gasteiger partial charge on any atom is -0.493 e. The fourth-order valence-corrected chi connectivity index (χ4v) is 2.67. The topological polar surface area (TPSA) is 77.8 Å². The SMILES string of the molecule is COc1cccc(/C=C(\C#N)C(=O)c2ccc3c(c2)OCO3)c1OC(C)C. The second-order valence-electron chi connectivity index (χ2n) is 6.11. The number of Topliss-reactive ketones (excluding diaryl/α,β-unsaturated/α-hetero) is 1. The molecule has 1 aliphatic heterocycles.